The molecule has 0 bridgehead atoms. The summed E-state index contributed by atoms with van der Waals surface area (Å²) in [6.45, 7) is 4.92. The molecule has 0 radical (unpaired) electrons. The van der Waals surface area contributed by atoms with E-state index in [1.807, 2.05) is 13.8 Å². The molecule has 2 rings (SSSR count). The molecule has 0 aromatic carbocycles. The fourth-order valence-electron chi connectivity index (χ4n) is 2.47. The SMILES string of the molecule is Cc1ccc(C(=O)NCCCCCCCNC(=O)c2ccc(C)o2)o1. The highest BCUT2D eigenvalue weighted by Crippen LogP contribution is 2.07. The minimum absolute atomic E-state index is 0.163. The molecule has 0 saturated heterocycles. The summed E-state index contributed by atoms with van der Waals surface area (Å²) in [6, 6.07) is 6.92. The van der Waals surface area contributed by atoms with Gasteiger partial charge in [0, 0.05) is 13.1 Å². The lowest BCUT2D eigenvalue weighted by atomic mass is 10.1. The van der Waals surface area contributed by atoms with Crippen LogP contribution in [0.5, 0.6) is 0 Å². The number of amides is 2. The summed E-state index contributed by atoms with van der Waals surface area (Å²) in [5.41, 5.74) is 0. The van der Waals surface area contributed by atoms with Crippen LogP contribution in [0.25, 0.3) is 0 Å². The van der Waals surface area contributed by atoms with Crippen molar-refractivity contribution in [3.05, 3.63) is 47.3 Å². The monoisotopic (exact) mass is 346 g/mol. The number of aryl methyl sites for hydroxylation is 2. The maximum atomic E-state index is 11.8. The van der Waals surface area contributed by atoms with E-state index in [-0.39, 0.29) is 11.8 Å². The molecule has 0 saturated carbocycles. The van der Waals surface area contributed by atoms with Gasteiger partial charge in [-0.1, -0.05) is 19.3 Å². The van der Waals surface area contributed by atoms with Crippen molar-refractivity contribution in [2.24, 2.45) is 0 Å². The third-order valence-electron chi connectivity index (χ3n) is 3.85. The van der Waals surface area contributed by atoms with Gasteiger partial charge in [0.1, 0.15) is 11.5 Å². The van der Waals surface area contributed by atoms with Gasteiger partial charge >= 0.3 is 0 Å². The van der Waals surface area contributed by atoms with Gasteiger partial charge in [-0.3, -0.25) is 9.59 Å². The van der Waals surface area contributed by atoms with E-state index in [2.05, 4.69) is 10.6 Å². The molecule has 2 heterocycles. The smallest absolute Gasteiger partial charge is 0.286 e. The largest absolute Gasteiger partial charge is 0.456 e. The van der Waals surface area contributed by atoms with E-state index in [4.69, 9.17) is 8.83 Å². The van der Waals surface area contributed by atoms with Gasteiger partial charge in [0.2, 0.25) is 0 Å². The van der Waals surface area contributed by atoms with Crippen LogP contribution in [0, 0.1) is 13.8 Å². The normalized spacial score (nSPS) is 10.6. The Kier molecular flexibility index (Phi) is 7.32. The first-order valence-electron chi connectivity index (χ1n) is 8.75. The second-order valence-electron chi connectivity index (χ2n) is 6.10. The average Bonchev–Trinajstić information content (AvgIpc) is 3.21. The van der Waals surface area contributed by atoms with Crippen LogP contribution in [0.3, 0.4) is 0 Å². The van der Waals surface area contributed by atoms with E-state index in [1.54, 1.807) is 24.3 Å². The molecule has 6 heteroatoms. The van der Waals surface area contributed by atoms with E-state index in [0.717, 1.165) is 43.6 Å². The molecular weight excluding hydrogens is 320 g/mol. The second-order valence-corrected chi connectivity index (χ2v) is 6.10. The Balaban J connectivity index is 1.44. The molecule has 136 valence electrons. The van der Waals surface area contributed by atoms with Crippen molar-refractivity contribution in [2.45, 2.75) is 46.0 Å². The summed E-state index contributed by atoms with van der Waals surface area (Å²) < 4.78 is 10.5. The molecule has 2 amide bonds. The van der Waals surface area contributed by atoms with E-state index in [0.29, 0.717) is 24.6 Å². The molecule has 0 atom stereocenters. The Bertz CT molecular complexity index is 629. The minimum atomic E-state index is -0.163. The highest BCUT2D eigenvalue weighted by molar-refractivity contribution is 5.91. The van der Waals surface area contributed by atoms with Crippen molar-refractivity contribution in [3.8, 4) is 0 Å². The summed E-state index contributed by atoms with van der Waals surface area (Å²) >= 11 is 0. The summed E-state index contributed by atoms with van der Waals surface area (Å²) in [5, 5.41) is 5.70. The lowest BCUT2D eigenvalue weighted by Crippen LogP contribution is -2.24. The number of carbonyl (C=O) groups is 2. The topological polar surface area (TPSA) is 84.5 Å². The van der Waals surface area contributed by atoms with Gasteiger partial charge in [-0.05, 0) is 51.0 Å². The van der Waals surface area contributed by atoms with E-state index in [9.17, 15) is 9.59 Å². The van der Waals surface area contributed by atoms with Gasteiger partial charge in [-0.25, -0.2) is 0 Å². The van der Waals surface area contributed by atoms with Crippen LogP contribution in [0.15, 0.2) is 33.1 Å². The second kappa shape index (κ2) is 9.71. The molecule has 2 aromatic rings. The first kappa shape index (κ1) is 18.8. The van der Waals surface area contributed by atoms with Crippen molar-refractivity contribution in [1.29, 1.82) is 0 Å². The van der Waals surface area contributed by atoms with Gasteiger partial charge in [0.05, 0.1) is 0 Å². The maximum absolute atomic E-state index is 11.8. The summed E-state index contributed by atoms with van der Waals surface area (Å²) in [7, 11) is 0. The molecule has 2 aromatic heterocycles. The zero-order chi connectivity index (χ0) is 18.1. The fourth-order valence-corrected chi connectivity index (χ4v) is 2.47. The predicted molar refractivity (Wildman–Crippen MR) is 94.6 cm³/mol. The van der Waals surface area contributed by atoms with Crippen LogP contribution in [0.4, 0.5) is 0 Å². The molecule has 0 fully saturated rings. The molecule has 6 nitrogen and oxygen atoms in total. The Hall–Kier alpha value is -2.50. The van der Waals surface area contributed by atoms with Crippen LogP contribution >= 0.6 is 0 Å². The Morgan fingerprint density at radius 2 is 1.12 bits per heavy atom. The molecule has 0 aliphatic heterocycles. The van der Waals surface area contributed by atoms with Crippen molar-refractivity contribution in [3.63, 3.8) is 0 Å². The number of rotatable bonds is 10. The van der Waals surface area contributed by atoms with Gasteiger partial charge < -0.3 is 19.5 Å². The van der Waals surface area contributed by atoms with Crippen LogP contribution < -0.4 is 10.6 Å². The quantitative estimate of drug-likeness (QED) is 0.644. The van der Waals surface area contributed by atoms with E-state index >= 15 is 0 Å². The van der Waals surface area contributed by atoms with Crippen LogP contribution in [-0.2, 0) is 0 Å². The highest BCUT2D eigenvalue weighted by Gasteiger charge is 2.09. The Labute approximate surface area is 148 Å². The number of unbranched alkanes of at least 4 members (excludes halogenated alkanes) is 4. The van der Waals surface area contributed by atoms with Crippen LogP contribution in [0.2, 0.25) is 0 Å². The molecule has 0 aliphatic carbocycles. The van der Waals surface area contributed by atoms with E-state index < -0.39 is 0 Å². The lowest BCUT2D eigenvalue weighted by molar-refractivity contribution is 0.0917. The molecule has 2 N–H and O–H groups in total. The number of hydrogen-bond donors (Lipinski definition) is 2. The van der Waals surface area contributed by atoms with E-state index in [1.165, 1.54) is 0 Å². The molecular formula is C19H26N2O4. The van der Waals surface area contributed by atoms with Crippen molar-refractivity contribution in [1.82, 2.24) is 10.6 Å². The number of carbonyl (C=O) groups excluding carboxylic acids is 2. The zero-order valence-corrected chi connectivity index (χ0v) is 14.9. The summed E-state index contributed by atoms with van der Waals surface area (Å²) in [6.07, 6.45) is 5.03. The maximum Gasteiger partial charge on any atom is 0.286 e. The number of hydrogen-bond acceptors (Lipinski definition) is 4. The zero-order valence-electron chi connectivity index (χ0n) is 14.9. The minimum Gasteiger partial charge on any atom is -0.456 e. The van der Waals surface area contributed by atoms with Crippen LogP contribution in [0.1, 0.15) is 64.7 Å². The third kappa shape index (κ3) is 6.49. The summed E-state index contributed by atoms with van der Waals surface area (Å²) in [4.78, 5) is 23.5. The number of nitrogens with one attached hydrogen (secondary N) is 2. The van der Waals surface area contributed by atoms with Crippen LogP contribution in [-0.4, -0.2) is 24.9 Å². The molecule has 0 aliphatic rings. The van der Waals surface area contributed by atoms with Crippen molar-refractivity contribution < 1.29 is 18.4 Å². The Morgan fingerprint density at radius 3 is 1.48 bits per heavy atom. The number of furan rings is 2. The van der Waals surface area contributed by atoms with Crippen molar-refractivity contribution >= 4 is 11.8 Å². The Morgan fingerprint density at radius 1 is 0.720 bits per heavy atom. The molecule has 0 unspecified atom stereocenters. The first-order chi connectivity index (χ1) is 12.1. The highest BCUT2D eigenvalue weighted by atomic mass is 16.4. The third-order valence-corrected chi connectivity index (χ3v) is 3.85. The van der Waals surface area contributed by atoms with Gasteiger partial charge in [-0.15, -0.1) is 0 Å². The van der Waals surface area contributed by atoms with Crippen molar-refractivity contribution in [2.75, 3.05) is 13.1 Å². The predicted octanol–water partition coefficient (Wildman–Crippen LogP) is 3.60. The lowest BCUT2D eigenvalue weighted by Gasteiger charge is -2.05. The van der Waals surface area contributed by atoms with Gasteiger partial charge in [0.25, 0.3) is 11.8 Å². The summed E-state index contributed by atoms with van der Waals surface area (Å²) in [5.74, 6) is 1.87. The van der Waals surface area contributed by atoms with Gasteiger partial charge in [0.15, 0.2) is 11.5 Å². The van der Waals surface area contributed by atoms with Gasteiger partial charge in [-0.2, -0.15) is 0 Å². The molecule has 25 heavy (non-hydrogen) atoms. The fraction of sp³-hybridized carbons (Fsp3) is 0.474. The first-order valence-corrected chi connectivity index (χ1v) is 8.75. The molecule has 0 spiro atoms. The average molecular weight is 346 g/mol. The standard InChI is InChI=1S/C19H26N2O4/c1-14-8-10-16(24-14)18(22)20-12-6-4-3-5-7-13-21-19(23)17-11-9-15(2)25-17/h8-11H,3-7,12-13H2,1-2H3,(H,20,22)(H,21,23).